The van der Waals surface area contributed by atoms with Gasteiger partial charge in [-0.15, -0.1) is 0 Å². The van der Waals surface area contributed by atoms with E-state index in [0.717, 1.165) is 32.0 Å². The van der Waals surface area contributed by atoms with Gasteiger partial charge in [0.15, 0.2) is 0 Å². The lowest BCUT2D eigenvalue weighted by Crippen LogP contribution is -2.33. The van der Waals surface area contributed by atoms with Gasteiger partial charge in [-0.1, -0.05) is 12.1 Å². The number of hydrazone groups is 1. The summed E-state index contributed by atoms with van der Waals surface area (Å²) in [5.74, 6) is 0. The molecule has 0 amide bonds. The predicted molar refractivity (Wildman–Crippen MR) is 73.1 cm³/mol. The molecule has 3 nitrogen and oxygen atoms in total. The van der Waals surface area contributed by atoms with E-state index in [1.165, 1.54) is 36.0 Å². The zero-order valence-corrected chi connectivity index (χ0v) is 11.0. The van der Waals surface area contributed by atoms with Gasteiger partial charge in [-0.25, -0.2) is 0 Å². The molecule has 3 heteroatoms. The van der Waals surface area contributed by atoms with Gasteiger partial charge in [0, 0.05) is 0 Å². The monoisotopic (exact) mass is 244 g/mol. The summed E-state index contributed by atoms with van der Waals surface area (Å²) < 4.78 is 5.34. The number of nitrogens with zero attached hydrogens (tertiary/aromatic N) is 2. The summed E-state index contributed by atoms with van der Waals surface area (Å²) in [6, 6.07) is 6.81. The van der Waals surface area contributed by atoms with Crippen molar-refractivity contribution in [1.82, 2.24) is 5.01 Å². The Morgan fingerprint density at radius 2 is 1.94 bits per heavy atom. The number of rotatable bonds is 2. The molecule has 18 heavy (non-hydrogen) atoms. The van der Waals surface area contributed by atoms with E-state index in [0.29, 0.717) is 0 Å². The van der Waals surface area contributed by atoms with Crippen LogP contribution in [0.1, 0.15) is 30.0 Å². The first-order valence-electron chi connectivity index (χ1n) is 6.83. The van der Waals surface area contributed by atoms with E-state index in [1.54, 1.807) is 0 Å². The number of hydrogen-bond acceptors (Lipinski definition) is 3. The average Bonchev–Trinajstić information content (AvgIpc) is 2.87. The molecule has 1 heterocycles. The summed E-state index contributed by atoms with van der Waals surface area (Å²) in [5, 5.41) is 6.82. The van der Waals surface area contributed by atoms with Crippen LogP contribution in [0.5, 0.6) is 0 Å². The fourth-order valence-corrected chi connectivity index (χ4v) is 2.72. The standard InChI is InChI=1S/C15H20N2O/c1-12(16-17-7-9-18-10-8-17)14-6-5-13-3-2-4-15(13)11-14/h5-6,11H,2-4,7-10H2,1H3. The minimum atomic E-state index is 0.793. The molecule has 1 aliphatic heterocycles. The molecule has 0 aromatic heterocycles. The van der Waals surface area contributed by atoms with Crippen molar-refractivity contribution in [3.05, 3.63) is 34.9 Å². The molecule has 3 rings (SSSR count). The van der Waals surface area contributed by atoms with Crippen LogP contribution in [0.3, 0.4) is 0 Å². The molecule has 0 atom stereocenters. The van der Waals surface area contributed by atoms with Crippen molar-refractivity contribution in [2.75, 3.05) is 26.3 Å². The van der Waals surface area contributed by atoms with E-state index in [4.69, 9.17) is 9.84 Å². The number of aryl methyl sites for hydroxylation is 2. The Hall–Kier alpha value is -1.35. The van der Waals surface area contributed by atoms with Gasteiger partial charge in [0.2, 0.25) is 0 Å². The fraction of sp³-hybridized carbons (Fsp3) is 0.533. The van der Waals surface area contributed by atoms with Gasteiger partial charge in [0.05, 0.1) is 32.0 Å². The topological polar surface area (TPSA) is 24.8 Å². The van der Waals surface area contributed by atoms with E-state index in [-0.39, 0.29) is 0 Å². The second-order valence-corrected chi connectivity index (χ2v) is 5.09. The number of ether oxygens (including phenoxy) is 1. The van der Waals surface area contributed by atoms with Crippen molar-refractivity contribution in [2.24, 2.45) is 5.10 Å². The second kappa shape index (κ2) is 5.11. The van der Waals surface area contributed by atoms with E-state index in [9.17, 15) is 0 Å². The van der Waals surface area contributed by atoms with Crippen molar-refractivity contribution >= 4 is 5.71 Å². The Labute approximate surface area is 108 Å². The van der Waals surface area contributed by atoms with Gasteiger partial charge < -0.3 is 4.74 Å². The maximum absolute atomic E-state index is 5.34. The second-order valence-electron chi connectivity index (χ2n) is 5.09. The van der Waals surface area contributed by atoms with Crippen molar-refractivity contribution in [3.8, 4) is 0 Å². The predicted octanol–water partition coefficient (Wildman–Crippen LogP) is 2.23. The molecular weight excluding hydrogens is 224 g/mol. The third-order valence-electron chi connectivity index (χ3n) is 3.80. The van der Waals surface area contributed by atoms with Crippen LogP contribution < -0.4 is 0 Å². The molecule has 1 aromatic rings. The Balaban J connectivity index is 1.78. The molecule has 0 N–H and O–H groups in total. The lowest BCUT2D eigenvalue weighted by atomic mass is 10.0. The maximum Gasteiger partial charge on any atom is 0.0659 e. The Kier molecular flexibility index (Phi) is 3.33. The Morgan fingerprint density at radius 1 is 1.17 bits per heavy atom. The quantitative estimate of drug-likeness (QED) is 0.745. The lowest BCUT2D eigenvalue weighted by Gasteiger charge is -2.24. The fourth-order valence-electron chi connectivity index (χ4n) is 2.72. The van der Waals surface area contributed by atoms with Gasteiger partial charge in [-0.05, 0) is 48.9 Å². The highest BCUT2D eigenvalue weighted by Crippen LogP contribution is 2.23. The minimum Gasteiger partial charge on any atom is -0.378 e. The summed E-state index contributed by atoms with van der Waals surface area (Å²) in [7, 11) is 0. The largest absolute Gasteiger partial charge is 0.378 e. The number of morpholine rings is 1. The molecule has 0 saturated carbocycles. The third-order valence-corrected chi connectivity index (χ3v) is 3.80. The van der Waals surface area contributed by atoms with Crippen LogP contribution >= 0.6 is 0 Å². The van der Waals surface area contributed by atoms with Crippen molar-refractivity contribution in [1.29, 1.82) is 0 Å². The van der Waals surface area contributed by atoms with Crippen LogP contribution in [0.25, 0.3) is 0 Å². The zero-order valence-electron chi connectivity index (χ0n) is 11.0. The molecule has 2 aliphatic rings. The highest BCUT2D eigenvalue weighted by molar-refractivity contribution is 5.98. The van der Waals surface area contributed by atoms with E-state index in [2.05, 4.69) is 30.1 Å². The molecule has 0 unspecified atom stereocenters. The van der Waals surface area contributed by atoms with Crippen LogP contribution in [0.4, 0.5) is 0 Å². The van der Waals surface area contributed by atoms with E-state index >= 15 is 0 Å². The molecule has 1 fully saturated rings. The van der Waals surface area contributed by atoms with E-state index < -0.39 is 0 Å². The van der Waals surface area contributed by atoms with Gasteiger partial charge in [0.25, 0.3) is 0 Å². The lowest BCUT2D eigenvalue weighted by molar-refractivity contribution is 0.0393. The molecule has 96 valence electrons. The molecule has 0 radical (unpaired) electrons. The average molecular weight is 244 g/mol. The number of fused-ring (bicyclic) bond motifs is 1. The summed E-state index contributed by atoms with van der Waals surface area (Å²) in [6.07, 6.45) is 3.78. The third kappa shape index (κ3) is 2.41. The molecule has 0 spiro atoms. The Bertz CT molecular complexity index is 462. The van der Waals surface area contributed by atoms with Gasteiger partial charge in [-0.2, -0.15) is 5.10 Å². The van der Waals surface area contributed by atoms with Crippen LogP contribution in [0.2, 0.25) is 0 Å². The first kappa shape index (κ1) is 11.7. The molecule has 1 saturated heterocycles. The highest BCUT2D eigenvalue weighted by atomic mass is 16.5. The van der Waals surface area contributed by atoms with Crippen molar-refractivity contribution in [3.63, 3.8) is 0 Å². The molecular formula is C15H20N2O. The SMILES string of the molecule is CC(=NN1CCOCC1)c1ccc2c(c1)CCC2. The van der Waals surface area contributed by atoms with Crippen molar-refractivity contribution < 1.29 is 4.74 Å². The summed E-state index contributed by atoms with van der Waals surface area (Å²) in [6.45, 7) is 5.50. The summed E-state index contributed by atoms with van der Waals surface area (Å²) in [4.78, 5) is 0. The number of benzene rings is 1. The van der Waals surface area contributed by atoms with Crippen LogP contribution in [-0.4, -0.2) is 37.0 Å². The number of hydrogen-bond donors (Lipinski definition) is 0. The van der Waals surface area contributed by atoms with Gasteiger partial charge in [0.1, 0.15) is 0 Å². The summed E-state index contributed by atoms with van der Waals surface area (Å²) >= 11 is 0. The summed E-state index contributed by atoms with van der Waals surface area (Å²) in [5.41, 5.74) is 5.43. The first-order valence-corrected chi connectivity index (χ1v) is 6.83. The molecule has 1 aliphatic carbocycles. The Morgan fingerprint density at radius 3 is 2.78 bits per heavy atom. The smallest absolute Gasteiger partial charge is 0.0659 e. The normalized spacial score (nSPS) is 20.1. The van der Waals surface area contributed by atoms with E-state index in [1.807, 2.05) is 0 Å². The van der Waals surface area contributed by atoms with Crippen LogP contribution in [-0.2, 0) is 17.6 Å². The van der Waals surface area contributed by atoms with Crippen molar-refractivity contribution in [2.45, 2.75) is 26.2 Å². The maximum atomic E-state index is 5.34. The van der Waals surface area contributed by atoms with Gasteiger partial charge in [-0.3, -0.25) is 5.01 Å². The molecule has 1 aromatic carbocycles. The first-order chi connectivity index (χ1) is 8.83. The highest BCUT2D eigenvalue weighted by Gasteiger charge is 2.13. The van der Waals surface area contributed by atoms with Crippen LogP contribution in [0, 0.1) is 0 Å². The zero-order chi connectivity index (χ0) is 12.4. The molecule has 0 bridgehead atoms. The minimum absolute atomic E-state index is 0.793. The van der Waals surface area contributed by atoms with Gasteiger partial charge >= 0.3 is 0 Å². The van der Waals surface area contributed by atoms with Crippen LogP contribution in [0.15, 0.2) is 23.3 Å².